The number of phenolic OH excluding ortho intramolecular Hbond substituents is 1. The molecule has 1 saturated heterocycles. The standard InChI is InChI=1S/C10H11NO4.C9H17NO2/c1-10(2)5-6-3-7(11(13)14)8(12)4-9(6)15-10;1-9(2,3)12-8(11)10-6-4-5-7-10/h3-4,12H,5H2,1-2H3;4-7H2,1-3H3. The monoisotopic (exact) mass is 380 g/mol. The van der Waals surface area contributed by atoms with Crippen molar-refractivity contribution in [3.8, 4) is 11.5 Å². The van der Waals surface area contributed by atoms with Crippen LogP contribution in [0, 0.1) is 10.1 Å². The third-order valence-electron chi connectivity index (χ3n) is 4.11. The number of likely N-dealkylation sites (tertiary alicyclic amines) is 1. The number of carbonyl (C=O) groups excluding carboxylic acids is 1. The summed E-state index contributed by atoms with van der Waals surface area (Å²) in [5, 5.41) is 20.0. The van der Waals surface area contributed by atoms with Crippen LogP contribution in [0.5, 0.6) is 11.5 Å². The minimum absolute atomic E-state index is 0.167. The summed E-state index contributed by atoms with van der Waals surface area (Å²) in [6.07, 6.45) is 2.67. The summed E-state index contributed by atoms with van der Waals surface area (Å²) in [5.74, 6) is 0.180. The summed E-state index contributed by atoms with van der Waals surface area (Å²) >= 11 is 0. The van der Waals surface area contributed by atoms with E-state index in [1.807, 2.05) is 34.6 Å². The summed E-state index contributed by atoms with van der Waals surface area (Å²) in [5.41, 5.74) is -0.219. The summed E-state index contributed by atoms with van der Waals surface area (Å²) in [7, 11) is 0. The van der Waals surface area contributed by atoms with Gasteiger partial charge in [-0.05, 0) is 47.5 Å². The Balaban J connectivity index is 0.000000199. The van der Waals surface area contributed by atoms with Gasteiger partial charge < -0.3 is 19.5 Å². The van der Waals surface area contributed by atoms with E-state index < -0.39 is 4.92 Å². The Morgan fingerprint density at radius 1 is 1.30 bits per heavy atom. The molecule has 0 radical (unpaired) electrons. The minimum atomic E-state index is -0.596. The number of hydrogen-bond acceptors (Lipinski definition) is 6. The average Bonchev–Trinajstić information content (AvgIpc) is 3.11. The van der Waals surface area contributed by atoms with Crippen molar-refractivity contribution < 1.29 is 24.3 Å². The van der Waals surface area contributed by atoms with Gasteiger partial charge in [0.1, 0.15) is 17.0 Å². The third kappa shape index (κ3) is 5.74. The fourth-order valence-electron chi connectivity index (χ4n) is 3.00. The van der Waals surface area contributed by atoms with E-state index in [-0.39, 0.29) is 28.7 Å². The number of nitrogens with zero attached hydrogens (tertiary/aromatic N) is 2. The molecule has 1 aromatic carbocycles. The van der Waals surface area contributed by atoms with Crippen LogP contribution in [-0.4, -0.2) is 45.3 Å². The Morgan fingerprint density at radius 2 is 1.89 bits per heavy atom. The zero-order valence-corrected chi connectivity index (χ0v) is 16.6. The van der Waals surface area contributed by atoms with E-state index in [2.05, 4.69) is 0 Å². The first kappa shape index (κ1) is 20.8. The number of aromatic hydroxyl groups is 1. The van der Waals surface area contributed by atoms with Crippen LogP contribution in [0.2, 0.25) is 0 Å². The highest BCUT2D eigenvalue weighted by Gasteiger charge is 2.32. The summed E-state index contributed by atoms with van der Waals surface area (Å²) in [4.78, 5) is 23.1. The van der Waals surface area contributed by atoms with Crippen molar-refractivity contribution in [3.63, 3.8) is 0 Å². The van der Waals surface area contributed by atoms with E-state index in [1.54, 1.807) is 4.90 Å². The highest BCUT2D eigenvalue weighted by Crippen LogP contribution is 2.41. The van der Waals surface area contributed by atoms with Gasteiger partial charge in [-0.2, -0.15) is 0 Å². The van der Waals surface area contributed by atoms with Crippen molar-refractivity contribution in [1.82, 2.24) is 4.90 Å². The van der Waals surface area contributed by atoms with Crippen molar-refractivity contribution in [2.75, 3.05) is 13.1 Å². The van der Waals surface area contributed by atoms with E-state index >= 15 is 0 Å². The zero-order chi connectivity index (χ0) is 20.4. The number of phenols is 1. The number of fused-ring (bicyclic) bond motifs is 1. The fourth-order valence-corrected chi connectivity index (χ4v) is 3.00. The molecule has 0 unspecified atom stereocenters. The second-order valence-electron chi connectivity index (χ2n) is 8.42. The Kier molecular flexibility index (Phi) is 5.87. The van der Waals surface area contributed by atoms with Gasteiger partial charge >= 0.3 is 11.8 Å². The van der Waals surface area contributed by atoms with Gasteiger partial charge in [-0.15, -0.1) is 0 Å². The molecule has 8 heteroatoms. The van der Waals surface area contributed by atoms with E-state index in [0.717, 1.165) is 31.5 Å². The van der Waals surface area contributed by atoms with Crippen LogP contribution in [0.1, 0.15) is 53.0 Å². The lowest BCUT2D eigenvalue weighted by Crippen LogP contribution is -2.34. The molecule has 8 nitrogen and oxygen atoms in total. The van der Waals surface area contributed by atoms with Crippen LogP contribution in [-0.2, 0) is 11.2 Å². The molecule has 0 bridgehead atoms. The van der Waals surface area contributed by atoms with E-state index in [9.17, 15) is 20.0 Å². The number of ether oxygens (including phenoxy) is 2. The molecule has 0 atom stereocenters. The van der Waals surface area contributed by atoms with Gasteiger partial charge in [0.05, 0.1) is 4.92 Å². The molecule has 0 spiro atoms. The van der Waals surface area contributed by atoms with Gasteiger partial charge in [0.2, 0.25) is 0 Å². The van der Waals surface area contributed by atoms with Crippen LogP contribution >= 0.6 is 0 Å². The lowest BCUT2D eigenvalue weighted by Gasteiger charge is -2.23. The van der Waals surface area contributed by atoms with Crippen LogP contribution in [0.15, 0.2) is 12.1 Å². The number of hydrogen-bond donors (Lipinski definition) is 1. The van der Waals surface area contributed by atoms with Crippen LogP contribution in [0.25, 0.3) is 0 Å². The van der Waals surface area contributed by atoms with Gasteiger partial charge in [0.25, 0.3) is 0 Å². The normalized spacial score (nSPS) is 17.4. The number of carbonyl (C=O) groups is 1. The first-order valence-electron chi connectivity index (χ1n) is 9.05. The molecule has 0 aromatic heterocycles. The maximum Gasteiger partial charge on any atom is 0.410 e. The molecule has 1 amide bonds. The Labute approximate surface area is 159 Å². The van der Waals surface area contributed by atoms with E-state index in [1.165, 1.54) is 12.1 Å². The molecule has 150 valence electrons. The summed E-state index contributed by atoms with van der Waals surface area (Å²) in [6.45, 7) is 11.2. The SMILES string of the molecule is CC(C)(C)OC(=O)N1CCCC1.CC1(C)Cc2cc([N+](=O)[O-])c(O)cc2O1. The third-order valence-corrected chi connectivity index (χ3v) is 4.11. The molecular weight excluding hydrogens is 352 g/mol. The topological polar surface area (TPSA) is 102 Å². The highest BCUT2D eigenvalue weighted by atomic mass is 16.6. The van der Waals surface area contributed by atoms with Crippen molar-refractivity contribution in [3.05, 3.63) is 27.8 Å². The van der Waals surface area contributed by atoms with E-state index in [4.69, 9.17) is 9.47 Å². The van der Waals surface area contributed by atoms with Crippen LogP contribution in [0.3, 0.4) is 0 Å². The molecular formula is C19H28N2O6. The molecule has 2 aliphatic heterocycles. The number of benzene rings is 1. The molecule has 3 rings (SSSR count). The summed E-state index contributed by atoms with van der Waals surface area (Å²) in [6, 6.07) is 2.68. The summed E-state index contributed by atoms with van der Waals surface area (Å²) < 4.78 is 10.7. The predicted octanol–water partition coefficient (Wildman–Crippen LogP) is 4.03. The zero-order valence-electron chi connectivity index (χ0n) is 16.6. The van der Waals surface area contributed by atoms with Crippen molar-refractivity contribution >= 4 is 11.8 Å². The van der Waals surface area contributed by atoms with Gasteiger partial charge in [-0.25, -0.2) is 4.79 Å². The molecule has 1 aromatic rings. The Morgan fingerprint density at radius 3 is 2.41 bits per heavy atom. The highest BCUT2D eigenvalue weighted by molar-refractivity contribution is 5.68. The average molecular weight is 380 g/mol. The number of nitro benzene ring substituents is 1. The lowest BCUT2D eigenvalue weighted by atomic mass is 10.0. The Hall–Kier alpha value is -2.51. The second kappa shape index (κ2) is 7.62. The van der Waals surface area contributed by atoms with Crippen LogP contribution in [0.4, 0.5) is 10.5 Å². The van der Waals surface area contributed by atoms with Crippen molar-refractivity contribution in [1.29, 1.82) is 0 Å². The van der Waals surface area contributed by atoms with Gasteiger partial charge in [0, 0.05) is 37.2 Å². The Bertz CT molecular complexity index is 718. The molecule has 0 aliphatic carbocycles. The lowest BCUT2D eigenvalue weighted by molar-refractivity contribution is -0.385. The largest absolute Gasteiger partial charge is 0.502 e. The van der Waals surface area contributed by atoms with Crippen LogP contribution < -0.4 is 4.74 Å². The smallest absolute Gasteiger partial charge is 0.410 e. The maximum atomic E-state index is 11.4. The van der Waals surface area contributed by atoms with Crippen molar-refractivity contribution in [2.24, 2.45) is 0 Å². The van der Waals surface area contributed by atoms with Gasteiger partial charge in [0.15, 0.2) is 5.75 Å². The molecule has 1 fully saturated rings. The first-order chi connectivity index (χ1) is 12.4. The van der Waals surface area contributed by atoms with Gasteiger partial charge in [-0.3, -0.25) is 10.1 Å². The first-order valence-corrected chi connectivity index (χ1v) is 9.05. The van der Waals surface area contributed by atoms with E-state index in [0.29, 0.717) is 12.2 Å². The molecule has 2 aliphatic rings. The van der Waals surface area contributed by atoms with Gasteiger partial charge in [-0.1, -0.05) is 0 Å². The predicted molar refractivity (Wildman–Crippen MR) is 100 cm³/mol. The molecule has 1 N–H and O–H groups in total. The number of amides is 1. The quantitative estimate of drug-likeness (QED) is 0.583. The minimum Gasteiger partial charge on any atom is -0.502 e. The maximum absolute atomic E-state index is 11.4. The number of nitro groups is 1. The molecule has 27 heavy (non-hydrogen) atoms. The van der Waals surface area contributed by atoms with Crippen molar-refractivity contribution in [2.45, 2.75) is 65.1 Å². The fraction of sp³-hybridized carbons (Fsp3) is 0.632. The molecule has 0 saturated carbocycles. The molecule has 2 heterocycles. The number of rotatable bonds is 1. The second-order valence-corrected chi connectivity index (χ2v) is 8.42.